The fourth-order valence-electron chi connectivity index (χ4n) is 9.65. The third-order valence-corrected chi connectivity index (χ3v) is 14.2. The van der Waals surface area contributed by atoms with E-state index in [-0.39, 0.29) is 45.2 Å². The Labute approximate surface area is 464 Å². The summed E-state index contributed by atoms with van der Waals surface area (Å²) in [4.78, 5) is 70.4. The van der Waals surface area contributed by atoms with E-state index in [0.29, 0.717) is 111 Å². The first-order valence-corrected chi connectivity index (χ1v) is 26.3. The van der Waals surface area contributed by atoms with Crippen molar-refractivity contribution in [2.24, 2.45) is 0 Å². The van der Waals surface area contributed by atoms with Crippen LogP contribution in [-0.2, 0) is 39.3 Å². The highest BCUT2D eigenvalue weighted by molar-refractivity contribution is 5.91. The zero-order chi connectivity index (χ0) is 56.7. The lowest BCUT2D eigenvalue weighted by Gasteiger charge is -2.22. The Morgan fingerprint density at radius 2 is 1.10 bits per heavy atom. The second-order valence-corrected chi connectivity index (χ2v) is 20.1. The number of carboxylic acids is 3. The molecule has 0 bridgehead atoms. The van der Waals surface area contributed by atoms with Crippen LogP contribution in [0.4, 0.5) is 13.2 Å². The highest BCUT2D eigenvalue weighted by Crippen LogP contribution is 2.33. The maximum Gasteiger partial charge on any atom is 0.335 e. The number of likely N-dealkylation sites (N-methyl/N-ethyl adjacent to an activating group) is 2. The van der Waals surface area contributed by atoms with Crippen LogP contribution < -0.4 is 0 Å². The molecule has 6 heterocycles. The second kappa shape index (κ2) is 24.5. The van der Waals surface area contributed by atoms with E-state index in [9.17, 15) is 34.1 Å². The predicted octanol–water partition coefficient (Wildman–Crippen LogP) is 9.63. The van der Waals surface area contributed by atoms with Gasteiger partial charge in [0.05, 0.1) is 64.1 Å². The number of benzene rings is 3. The van der Waals surface area contributed by atoms with Gasteiger partial charge in [0.25, 0.3) is 0 Å². The number of hydrogen-bond acceptors (Lipinski definition) is 12. The van der Waals surface area contributed by atoms with E-state index in [1.165, 1.54) is 72.9 Å². The number of halogens is 3. The zero-order valence-corrected chi connectivity index (χ0v) is 44.4. The second-order valence-electron chi connectivity index (χ2n) is 20.1. The van der Waals surface area contributed by atoms with Gasteiger partial charge < -0.3 is 33.9 Å². The van der Waals surface area contributed by atoms with Crippen LogP contribution in [0.25, 0.3) is 56.7 Å². The largest absolute Gasteiger partial charge is 0.478 e. The van der Waals surface area contributed by atoms with Gasteiger partial charge in [0.15, 0.2) is 0 Å². The Morgan fingerprint density at radius 3 is 1.70 bits per heavy atom. The summed E-state index contributed by atoms with van der Waals surface area (Å²) in [6, 6.07) is 24.5. The number of pyridine rings is 3. The standard InChI is InChI=1S/C60H57F3N12O6/c1-3-71(31-41-8-9-45(62)28-47(41)50-24-42(59(78)79)26-53(68-50)56-33-72(36-66-56)16-15-70(2)29-38-5-4-6-44(61)21-38)17-18-73-34-57(67-37-73)54-27-43(60(80)81)25-51(69-54)48-22-39(7-12-49(48)63)30-75(46-10-11-46)20-19-74-32-55(65-35-74)52-23-40(58(76)77)13-14-64-52/h4-9,12-14,21-28,32-37,46H,3,10-11,15-20,29-31H2,1-2H3,(H,76,77)(H,78,79)(H,80,81). The van der Waals surface area contributed by atoms with Crippen LogP contribution in [-0.4, -0.2) is 131 Å². The van der Waals surface area contributed by atoms with E-state index in [2.05, 4.69) is 34.6 Å². The van der Waals surface area contributed by atoms with Crippen molar-refractivity contribution < 1.29 is 42.9 Å². The molecule has 6 aromatic heterocycles. The Balaban J connectivity index is 0.809. The summed E-state index contributed by atoms with van der Waals surface area (Å²) in [5, 5.41) is 29.8. The molecule has 414 valence electrons. The van der Waals surface area contributed by atoms with E-state index in [1.54, 1.807) is 55.6 Å². The maximum absolute atomic E-state index is 15.8. The number of aromatic carboxylic acids is 3. The summed E-state index contributed by atoms with van der Waals surface area (Å²) in [5.41, 5.74) is 5.71. The van der Waals surface area contributed by atoms with Crippen LogP contribution in [0.15, 0.2) is 141 Å². The molecule has 3 aromatic carbocycles. The van der Waals surface area contributed by atoms with Gasteiger partial charge in [-0.15, -0.1) is 0 Å². The molecule has 1 saturated carbocycles. The van der Waals surface area contributed by atoms with Crippen molar-refractivity contribution in [2.45, 2.75) is 65.1 Å². The van der Waals surface area contributed by atoms with Crippen LogP contribution in [0.5, 0.6) is 0 Å². The fraction of sp³-hybridized carbons (Fsp3) is 0.250. The molecule has 21 heteroatoms. The number of hydrogen-bond donors (Lipinski definition) is 3. The molecule has 0 aliphatic heterocycles. The van der Waals surface area contributed by atoms with Crippen LogP contribution in [0.3, 0.4) is 0 Å². The van der Waals surface area contributed by atoms with E-state index in [0.717, 1.165) is 24.0 Å². The number of nitrogens with zero attached hydrogens (tertiary/aromatic N) is 12. The summed E-state index contributed by atoms with van der Waals surface area (Å²) in [7, 11) is 1.93. The molecular weight excluding hydrogens is 1040 g/mol. The molecule has 1 aliphatic rings. The van der Waals surface area contributed by atoms with Crippen molar-refractivity contribution in [1.29, 1.82) is 0 Å². The molecule has 9 aromatic rings. The highest BCUT2D eigenvalue weighted by Gasteiger charge is 2.29. The number of imidazole rings is 3. The summed E-state index contributed by atoms with van der Waals surface area (Å²) in [6.07, 6.45) is 13.8. The first-order chi connectivity index (χ1) is 39.1. The van der Waals surface area contributed by atoms with Gasteiger partial charge in [-0.05, 0) is 116 Å². The van der Waals surface area contributed by atoms with Gasteiger partial charge in [0.1, 0.15) is 34.5 Å². The van der Waals surface area contributed by atoms with E-state index >= 15 is 8.78 Å². The normalized spacial score (nSPS) is 12.5. The van der Waals surface area contributed by atoms with Crippen molar-refractivity contribution in [1.82, 2.24) is 58.3 Å². The Kier molecular flexibility index (Phi) is 16.6. The minimum absolute atomic E-state index is 0.0406. The Bertz CT molecular complexity index is 3760. The minimum Gasteiger partial charge on any atom is -0.478 e. The smallest absolute Gasteiger partial charge is 0.335 e. The van der Waals surface area contributed by atoms with Crippen molar-refractivity contribution in [3.8, 4) is 56.7 Å². The van der Waals surface area contributed by atoms with E-state index in [4.69, 9.17) is 9.97 Å². The Morgan fingerprint density at radius 1 is 0.543 bits per heavy atom. The first kappa shape index (κ1) is 55.1. The third kappa shape index (κ3) is 13.8. The molecular formula is C60H57F3N12O6. The summed E-state index contributed by atoms with van der Waals surface area (Å²) in [5.74, 6) is -4.82. The van der Waals surface area contributed by atoms with Gasteiger partial charge >= 0.3 is 17.9 Å². The van der Waals surface area contributed by atoms with Gasteiger partial charge in [0, 0.05) is 101 Å². The monoisotopic (exact) mass is 1100 g/mol. The SMILES string of the molecule is CCN(CCn1cnc(-c2cc(C(=O)O)cc(-c3cc(CN(CCn4cnc(-c5cc(C(=O)O)ccn5)c4)C4CC4)ccc3F)n2)c1)Cc1ccc(F)cc1-c1cc(C(=O)O)cc(-c2cn(CCN(C)Cc3cccc(F)c3)cn2)n1. The van der Waals surface area contributed by atoms with Gasteiger partial charge in [-0.3, -0.25) is 14.8 Å². The molecule has 0 unspecified atom stereocenters. The summed E-state index contributed by atoms with van der Waals surface area (Å²) < 4.78 is 50.3. The number of rotatable bonds is 25. The molecule has 0 saturated heterocycles. The van der Waals surface area contributed by atoms with Crippen molar-refractivity contribution in [3.05, 3.63) is 192 Å². The molecule has 3 N–H and O–H groups in total. The topological polar surface area (TPSA) is 214 Å². The number of aromatic nitrogens is 9. The van der Waals surface area contributed by atoms with E-state index in [1.807, 2.05) is 39.9 Å². The number of carboxylic acid groups (broad SMARTS) is 3. The van der Waals surface area contributed by atoms with Crippen molar-refractivity contribution in [2.75, 3.05) is 33.2 Å². The molecule has 0 spiro atoms. The fourth-order valence-corrected chi connectivity index (χ4v) is 9.65. The highest BCUT2D eigenvalue weighted by atomic mass is 19.1. The lowest BCUT2D eigenvalue weighted by molar-refractivity contribution is 0.0686. The van der Waals surface area contributed by atoms with Gasteiger partial charge in [-0.1, -0.05) is 31.2 Å². The molecule has 0 radical (unpaired) electrons. The Hall–Kier alpha value is -9.18. The lowest BCUT2D eigenvalue weighted by atomic mass is 10.0. The van der Waals surface area contributed by atoms with Crippen molar-refractivity contribution >= 4 is 17.9 Å². The van der Waals surface area contributed by atoms with Crippen LogP contribution in [0.1, 0.15) is 67.5 Å². The predicted molar refractivity (Wildman–Crippen MR) is 295 cm³/mol. The zero-order valence-electron chi connectivity index (χ0n) is 44.4. The van der Waals surface area contributed by atoms with Crippen LogP contribution in [0, 0.1) is 17.5 Å². The van der Waals surface area contributed by atoms with Gasteiger partial charge in [0.2, 0.25) is 0 Å². The number of carbonyl (C=O) groups is 3. The van der Waals surface area contributed by atoms with Gasteiger partial charge in [-0.25, -0.2) is 52.5 Å². The average Bonchev–Trinajstić information content (AvgIpc) is 3.95. The van der Waals surface area contributed by atoms with E-state index < -0.39 is 29.5 Å². The van der Waals surface area contributed by atoms with Crippen LogP contribution >= 0.6 is 0 Å². The van der Waals surface area contributed by atoms with Gasteiger partial charge in [-0.2, -0.15) is 0 Å². The maximum atomic E-state index is 15.8. The molecule has 10 rings (SSSR count). The third-order valence-electron chi connectivity index (χ3n) is 14.2. The lowest BCUT2D eigenvalue weighted by Crippen LogP contribution is -2.29. The molecule has 1 fully saturated rings. The molecule has 0 amide bonds. The quantitative estimate of drug-likeness (QED) is 0.0486. The average molecular weight is 1100 g/mol. The molecule has 1 aliphatic carbocycles. The molecule has 18 nitrogen and oxygen atoms in total. The molecule has 0 atom stereocenters. The molecule has 81 heavy (non-hydrogen) atoms. The van der Waals surface area contributed by atoms with Crippen molar-refractivity contribution in [3.63, 3.8) is 0 Å². The minimum atomic E-state index is -1.21. The first-order valence-electron chi connectivity index (χ1n) is 26.3. The summed E-state index contributed by atoms with van der Waals surface area (Å²) in [6.45, 7) is 7.33. The van der Waals surface area contributed by atoms with Crippen LogP contribution in [0.2, 0.25) is 0 Å². The summed E-state index contributed by atoms with van der Waals surface area (Å²) >= 11 is 0.